The van der Waals surface area contributed by atoms with Crippen LogP contribution in [0.4, 0.5) is 0 Å². The van der Waals surface area contributed by atoms with E-state index in [-0.39, 0.29) is 6.42 Å². The van der Waals surface area contributed by atoms with E-state index in [9.17, 15) is 9.59 Å². The highest BCUT2D eigenvalue weighted by molar-refractivity contribution is 5.82. The lowest BCUT2D eigenvalue weighted by molar-refractivity contribution is -0.149. The molecule has 14 heavy (non-hydrogen) atoms. The molecule has 0 aromatic heterocycles. The van der Waals surface area contributed by atoms with Crippen LogP contribution < -0.4 is 11.1 Å². The summed E-state index contributed by atoms with van der Waals surface area (Å²) in [5.74, 6) is -0.964. The van der Waals surface area contributed by atoms with E-state index < -0.39 is 18.0 Å². The first-order valence-corrected chi connectivity index (χ1v) is 4.23. The fourth-order valence-electron chi connectivity index (χ4n) is 0.889. The molecule has 0 aromatic rings. The fraction of sp³-hybridized carbons (Fsp3) is 0.750. The molecule has 0 fully saturated rings. The third-order valence-corrected chi connectivity index (χ3v) is 1.62. The molecule has 0 rings (SSSR count). The summed E-state index contributed by atoms with van der Waals surface area (Å²) < 4.78 is 8.94. The lowest BCUT2D eigenvalue weighted by atomic mass is 10.2. The molecule has 1 atom stereocenters. The van der Waals surface area contributed by atoms with Crippen molar-refractivity contribution in [3.05, 3.63) is 0 Å². The summed E-state index contributed by atoms with van der Waals surface area (Å²) in [4.78, 5) is 22.0. The number of carbonyl (C=O) groups excluding carboxylic acids is 2. The second-order valence-corrected chi connectivity index (χ2v) is 2.60. The van der Waals surface area contributed by atoms with Crippen LogP contribution in [0.5, 0.6) is 0 Å². The van der Waals surface area contributed by atoms with Crippen LogP contribution in [-0.2, 0) is 19.1 Å². The SMILES string of the molecule is COC(=O)C[C@H](NCCN)C(=O)OC. The van der Waals surface area contributed by atoms with Gasteiger partial charge in [-0.15, -0.1) is 0 Å². The number of ether oxygens (including phenoxy) is 2. The van der Waals surface area contributed by atoms with Crippen molar-refractivity contribution >= 4 is 11.9 Å². The van der Waals surface area contributed by atoms with Crippen molar-refractivity contribution in [3.63, 3.8) is 0 Å². The maximum Gasteiger partial charge on any atom is 0.323 e. The second-order valence-electron chi connectivity index (χ2n) is 2.60. The van der Waals surface area contributed by atoms with Gasteiger partial charge in [-0.05, 0) is 0 Å². The van der Waals surface area contributed by atoms with Crippen molar-refractivity contribution in [1.82, 2.24) is 5.32 Å². The zero-order valence-corrected chi connectivity index (χ0v) is 8.41. The average molecular weight is 204 g/mol. The predicted octanol–water partition coefficient (Wildman–Crippen LogP) is -1.36. The van der Waals surface area contributed by atoms with Crippen LogP contribution in [0, 0.1) is 0 Å². The molecule has 0 aliphatic heterocycles. The third-order valence-electron chi connectivity index (χ3n) is 1.62. The second kappa shape index (κ2) is 7.28. The Labute approximate surface area is 82.7 Å². The zero-order valence-electron chi connectivity index (χ0n) is 8.41. The van der Waals surface area contributed by atoms with E-state index in [2.05, 4.69) is 14.8 Å². The van der Waals surface area contributed by atoms with Gasteiger partial charge >= 0.3 is 11.9 Å². The summed E-state index contributed by atoms with van der Waals surface area (Å²) in [5.41, 5.74) is 5.25. The molecule has 0 radical (unpaired) electrons. The molecule has 0 heterocycles. The summed E-state index contributed by atoms with van der Waals surface area (Å²) in [6, 6.07) is -0.684. The van der Waals surface area contributed by atoms with Crippen molar-refractivity contribution in [1.29, 1.82) is 0 Å². The van der Waals surface area contributed by atoms with Crippen molar-refractivity contribution in [2.75, 3.05) is 27.3 Å². The Bertz CT molecular complexity index is 196. The van der Waals surface area contributed by atoms with Crippen molar-refractivity contribution < 1.29 is 19.1 Å². The fourth-order valence-corrected chi connectivity index (χ4v) is 0.889. The van der Waals surface area contributed by atoms with E-state index in [4.69, 9.17) is 5.73 Å². The molecular weight excluding hydrogens is 188 g/mol. The minimum absolute atomic E-state index is 0.0524. The summed E-state index contributed by atoms with van der Waals surface area (Å²) in [6.07, 6.45) is -0.0524. The van der Waals surface area contributed by atoms with Gasteiger partial charge in [0.2, 0.25) is 0 Å². The standard InChI is InChI=1S/C8H16N2O4/c1-13-7(11)5-6(8(12)14-2)10-4-3-9/h6,10H,3-5,9H2,1-2H3/t6-/m0/s1. The average Bonchev–Trinajstić information content (AvgIpc) is 2.22. The lowest BCUT2D eigenvalue weighted by Crippen LogP contribution is -2.41. The molecule has 6 heteroatoms. The quantitative estimate of drug-likeness (QED) is 0.519. The van der Waals surface area contributed by atoms with Gasteiger partial charge in [0, 0.05) is 13.1 Å². The molecule has 0 aliphatic carbocycles. The molecule has 0 aromatic carbocycles. The zero-order chi connectivity index (χ0) is 11.0. The monoisotopic (exact) mass is 204 g/mol. The van der Waals surface area contributed by atoms with Crippen LogP contribution in [0.1, 0.15) is 6.42 Å². The lowest BCUT2D eigenvalue weighted by Gasteiger charge is -2.14. The van der Waals surface area contributed by atoms with Crippen molar-refractivity contribution in [2.45, 2.75) is 12.5 Å². The highest BCUT2D eigenvalue weighted by Gasteiger charge is 2.21. The molecule has 0 amide bonds. The minimum Gasteiger partial charge on any atom is -0.469 e. The molecule has 0 aliphatic rings. The number of hydrogen-bond acceptors (Lipinski definition) is 6. The van der Waals surface area contributed by atoms with Crippen LogP contribution in [0.2, 0.25) is 0 Å². The Balaban J connectivity index is 4.09. The summed E-state index contributed by atoms with van der Waals surface area (Å²) in [7, 11) is 2.52. The van der Waals surface area contributed by atoms with Crippen molar-refractivity contribution in [2.24, 2.45) is 5.73 Å². The number of nitrogens with one attached hydrogen (secondary N) is 1. The minimum atomic E-state index is -0.684. The van der Waals surface area contributed by atoms with E-state index in [0.717, 1.165) is 0 Å². The first kappa shape index (κ1) is 12.9. The van der Waals surface area contributed by atoms with E-state index in [0.29, 0.717) is 13.1 Å². The van der Waals surface area contributed by atoms with Crippen molar-refractivity contribution in [3.8, 4) is 0 Å². The van der Waals surface area contributed by atoms with Crippen LogP contribution in [0.3, 0.4) is 0 Å². The first-order valence-electron chi connectivity index (χ1n) is 4.23. The van der Waals surface area contributed by atoms with Gasteiger partial charge in [0.25, 0.3) is 0 Å². The van der Waals surface area contributed by atoms with Gasteiger partial charge in [0.05, 0.1) is 20.6 Å². The molecule has 0 spiro atoms. The number of rotatable bonds is 6. The Hall–Kier alpha value is -1.14. The molecule has 0 unspecified atom stereocenters. The predicted molar refractivity (Wildman–Crippen MR) is 49.5 cm³/mol. The van der Waals surface area contributed by atoms with Gasteiger partial charge in [0.1, 0.15) is 6.04 Å². The summed E-state index contributed by atoms with van der Waals surface area (Å²) >= 11 is 0. The summed E-state index contributed by atoms with van der Waals surface area (Å²) in [6.45, 7) is 0.825. The highest BCUT2D eigenvalue weighted by Crippen LogP contribution is 1.96. The van der Waals surface area contributed by atoms with Gasteiger partial charge in [-0.3, -0.25) is 9.59 Å². The normalized spacial score (nSPS) is 11.9. The van der Waals surface area contributed by atoms with E-state index in [1.807, 2.05) is 0 Å². The molecule has 0 saturated carbocycles. The topological polar surface area (TPSA) is 90.6 Å². The Kier molecular flexibility index (Phi) is 6.69. The Morgan fingerprint density at radius 1 is 1.36 bits per heavy atom. The molecular formula is C8H16N2O4. The van der Waals surface area contributed by atoms with Crippen LogP contribution >= 0.6 is 0 Å². The van der Waals surface area contributed by atoms with E-state index in [1.165, 1.54) is 14.2 Å². The van der Waals surface area contributed by atoms with Gasteiger partial charge in [-0.2, -0.15) is 0 Å². The smallest absolute Gasteiger partial charge is 0.323 e. The third kappa shape index (κ3) is 4.78. The van der Waals surface area contributed by atoms with Gasteiger partial charge in [0.15, 0.2) is 0 Å². The number of carbonyl (C=O) groups is 2. The maximum atomic E-state index is 11.1. The molecule has 82 valence electrons. The Morgan fingerprint density at radius 3 is 2.43 bits per heavy atom. The molecule has 0 bridgehead atoms. The number of nitrogens with two attached hydrogens (primary N) is 1. The first-order chi connectivity index (χ1) is 6.65. The van der Waals surface area contributed by atoms with Crippen LogP contribution in [-0.4, -0.2) is 45.3 Å². The van der Waals surface area contributed by atoms with Crippen LogP contribution in [0.15, 0.2) is 0 Å². The summed E-state index contributed by atoms with van der Waals surface area (Å²) in [5, 5.41) is 2.78. The number of esters is 2. The largest absolute Gasteiger partial charge is 0.469 e. The number of hydrogen-bond donors (Lipinski definition) is 2. The highest BCUT2D eigenvalue weighted by atomic mass is 16.5. The molecule has 6 nitrogen and oxygen atoms in total. The maximum absolute atomic E-state index is 11.1. The molecule has 0 saturated heterocycles. The van der Waals surface area contributed by atoms with Gasteiger partial charge < -0.3 is 20.5 Å². The van der Waals surface area contributed by atoms with E-state index in [1.54, 1.807) is 0 Å². The van der Waals surface area contributed by atoms with Crippen LogP contribution in [0.25, 0.3) is 0 Å². The van der Waals surface area contributed by atoms with Gasteiger partial charge in [-0.25, -0.2) is 0 Å². The number of methoxy groups -OCH3 is 2. The Morgan fingerprint density at radius 2 is 2.00 bits per heavy atom. The van der Waals surface area contributed by atoms with E-state index >= 15 is 0 Å². The molecule has 3 N–H and O–H groups in total. The van der Waals surface area contributed by atoms with Gasteiger partial charge in [-0.1, -0.05) is 0 Å².